The summed E-state index contributed by atoms with van der Waals surface area (Å²) in [5.74, 6) is 0.186. The minimum absolute atomic E-state index is 0.00550. The normalized spacial score (nSPS) is 29.1. The predicted octanol–water partition coefficient (Wildman–Crippen LogP) is 0.809. The van der Waals surface area contributed by atoms with Crippen LogP contribution in [-0.2, 0) is 4.79 Å². The first-order valence-electron chi connectivity index (χ1n) is 8.28. The molecular formula is C16H31N3O2. The van der Waals surface area contributed by atoms with E-state index in [1.807, 2.05) is 19.0 Å². The quantitative estimate of drug-likeness (QED) is 0.788. The third-order valence-electron chi connectivity index (χ3n) is 5.16. The Labute approximate surface area is 128 Å². The fourth-order valence-electron chi connectivity index (χ4n) is 3.97. The molecule has 2 unspecified atom stereocenters. The molecule has 1 aliphatic carbocycles. The molecule has 2 fully saturated rings. The van der Waals surface area contributed by atoms with Crippen LogP contribution in [0.4, 0.5) is 0 Å². The Bertz CT molecular complexity index is 353. The molecule has 2 aliphatic rings. The number of carbonyl (C=O) groups is 1. The maximum atomic E-state index is 12.8. The van der Waals surface area contributed by atoms with Gasteiger partial charge in [-0.15, -0.1) is 0 Å². The molecule has 1 heterocycles. The zero-order valence-electron chi connectivity index (χ0n) is 13.6. The number of carbonyl (C=O) groups excluding carboxylic acids is 1. The van der Waals surface area contributed by atoms with Gasteiger partial charge in [-0.25, -0.2) is 0 Å². The molecule has 3 N–H and O–H groups in total. The third kappa shape index (κ3) is 4.18. The summed E-state index contributed by atoms with van der Waals surface area (Å²) in [5.41, 5.74) is 6.01. The number of β-amino-alcohol motifs (C(OH)–C–C–N with tert-alkyl or cyclic N) is 1. The zero-order chi connectivity index (χ0) is 15.5. The van der Waals surface area contributed by atoms with Crippen molar-refractivity contribution in [3.05, 3.63) is 0 Å². The lowest BCUT2D eigenvalue weighted by atomic mass is 9.71. The average Bonchev–Trinajstić information content (AvgIpc) is 2.80. The molecule has 1 saturated heterocycles. The molecule has 2 atom stereocenters. The van der Waals surface area contributed by atoms with Gasteiger partial charge in [0.1, 0.15) is 0 Å². The minimum atomic E-state index is -0.376. The highest BCUT2D eigenvalue weighted by Gasteiger charge is 2.39. The topological polar surface area (TPSA) is 69.8 Å². The van der Waals surface area contributed by atoms with Crippen LogP contribution in [0.5, 0.6) is 0 Å². The predicted molar refractivity (Wildman–Crippen MR) is 83.9 cm³/mol. The van der Waals surface area contributed by atoms with E-state index in [1.54, 1.807) is 0 Å². The van der Waals surface area contributed by atoms with Crippen molar-refractivity contribution < 1.29 is 9.90 Å². The van der Waals surface area contributed by atoms with Crippen molar-refractivity contribution in [2.45, 2.75) is 57.1 Å². The van der Waals surface area contributed by atoms with Crippen molar-refractivity contribution in [2.24, 2.45) is 11.1 Å². The molecule has 0 bridgehead atoms. The Balaban J connectivity index is 2.00. The number of aliphatic hydroxyl groups is 1. The standard InChI is InChI=1S/C16H31N3O2/c1-18(2)10-13-8-14(20)11-19(13)15(21)9-16(12-17)6-4-3-5-7-16/h13-14,20H,3-12,17H2,1-2H3. The lowest BCUT2D eigenvalue weighted by molar-refractivity contribution is -0.135. The van der Waals surface area contributed by atoms with Gasteiger partial charge in [-0.1, -0.05) is 19.3 Å². The summed E-state index contributed by atoms with van der Waals surface area (Å²) in [4.78, 5) is 16.7. The number of rotatable bonds is 5. The highest BCUT2D eigenvalue weighted by atomic mass is 16.3. The van der Waals surface area contributed by atoms with Crippen LogP contribution in [0.15, 0.2) is 0 Å². The summed E-state index contributed by atoms with van der Waals surface area (Å²) >= 11 is 0. The first-order chi connectivity index (χ1) is 9.96. The summed E-state index contributed by atoms with van der Waals surface area (Å²) in [7, 11) is 4.02. The monoisotopic (exact) mass is 297 g/mol. The van der Waals surface area contributed by atoms with Crippen molar-refractivity contribution in [2.75, 3.05) is 33.7 Å². The van der Waals surface area contributed by atoms with Gasteiger partial charge < -0.3 is 20.6 Å². The highest BCUT2D eigenvalue weighted by molar-refractivity contribution is 5.77. The fourth-order valence-corrected chi connectivity index (χ4v) is 3.97. The molecule has 5 heteroatoms. The largest absolute Gasteiger partial charge is 0.391 e. The van der Waals surface area contributed by atoms with Crippen LogP contribution in [-0.4, -0.2) is 66.7 Å². The van der Waals surface area contributed by atoms with Crippen LogP contribution in [0.1, 0.15) is 44.9 Å². The van der Waals surface area contributed by atoms with Crippen LogP contribution < -0.4 is 5.73 Å². The fraction of sp³-hybridized carbons (Fsp3) is 0.938. The number of hydrogen-bond acceptors (Lipinski definition) is 4. The molecule has 5 nitrogen and oxygen atoms in total. The molecule has 1 saturated carbocycles. The van der Waals surface area contributed by atoms with Crippen LogP contribution >= 0.6 is 0 Å². The van der Waals surface area contributed by atoms with Gasteiger partial charge in [-0.3, -0.25) is 4.79 Å². The van der Waals surface area contributed by atoms with E-state index < -0.39 is 0 Å². The summed E-state index contributed by atoms with van der Waals surface area (Å²) in [6.45, 7) is 1.91. The SMILES string of the molecule is CN(C)CC1CC(O)CN1C(=O)CC1(CN)CCCCC1. The van der Waals surface area contributed by atoms with Gasteiger partial charge in [0.25, 0.3) is 0 Å². The molecule has 21 heavy (non-hydrogen) atoms. The Kier molecular flexibility index (Phi) is 5.63. The molecular weight excluding hydrogens is 266 g/mol. The van der Waals surface area contributed by atoms with E-state index >= 15 is 0 Å². The molecule has 2 rings (SSSR count). The summed E-state index contributed by atoms with van der Waals surface area (Å²) in [6, 6.07) is 0.140. The van der Waals surface area contributed by atoms with E-state index in [2.05, 4.69) is 4.90 Å². The van der Waals surface area contributed by atoms with E-state index in [1.165, 1.54) is 19.3 Å². The van der Waals surface area contributed by atoms with E-state index in [9.17, 15) is 9.90 Å². The second-order valence-corrected chi connectivity index (χ2v) is 7.29. The number of amides is 1. The number of likely N-dealkylation sites (N-methyl/N-ethyl adjacent to an activating group) is 1. The maximum Gasteiger partial charge on any atom is 0.223 e. The molecule has 0 aromatic carbocycles. The van der Waals surface area contributed by atoms with E-state index in [4.69, 9.17) is 5.73 Å². The summed E-state index contributed by atoms with van der Waals surface area (Å²) in [5, 5.41) is 9.92. The average molecular weight is 297 g/mol. The van der Waals surface area contributed by atoms with E-state index in [0.29, 0.717) is 25.9 Å². The van der Waals surface area contributed by atoms with E-state index in [0.717, 1.165) is 19.4 Å². The van der Waals surface area contributed by atoms with Crippen molar-refractivity contribution >= 4 is 5.91 Å². The zero-order valence-corrected chi connectivity index (χ0v) is 13.6. The molecule has 0 spiro atoms. The van der Waals surface area contributed by atoms with Gasteiger partial charge in [0.05, 0.1) is 6.10 Å². The number of likely N-dealkylation sites (tertiary alicyclic amines) is 1. The first kappa shape index (κ1) is 16.7. The number of nitrogens with two attached hydrogens (primary N) is 1. The molecule has 122 valence electrons. The second-order valence-electron chi connectivity index (χ2n) is 7.29. The van der Waals surface area contributed by atoms with Crippen LogP contribution in [0.2, 0.25) is 0 Å². The third-order valence-corrected chi connectivity index (χ3v) is 5.16. The Morgan fingerprint density at radius 3 is 2.57 bits per heavy atom. The Morgan fingerprint density at radius 1 is 1.33 bits per heavy atom. The van der Waals surface area contributed by atoms with Crippen molar-refractivity contribution in [3.63, 3.8) is 0 Å². The number of nitrogens with zero attached hydrogens (tertiary/aromatic N) is 2. The van der Waals surface area contributed by atoms with Gasteiger partial charge in [-0.2, -0.15) is 0 Å². The lowest BCUT2D eigenvalue weighted by Crippen LogP contribution is -2.45. The number of aliphatic hydroxyl groups excluding tert-OH is 1. The molecule has 1 amide bonds. The van der Waals surface area contributed by atoms with Crippen LogP contribution in [0.3, 0.4) is 0 Å². The minimum Gasteiger partial charge on any atom is -0.391 e. The van der Waals surface area contributed by atoms with Gasteiger partial charge >= 0.3 is 0 Å². The van der Waals surface area contributed by atoms with Gasteiger partial charge in [0, 0.05) is 25.6 Å². The smallest absolute Gasteiger partial charge is 0.223 e. The van der Waals surface area contributed by atoms with Crippen LogP contribution in [0.25, 0.3) is 0 Å². The molecule has 0 radical (unpaired) electrons. The number of hydrogen-bond donors (Lipinski definition) is 2. The Morgan fingerprint density at radius 2 is 2.00 bits per heavy atom. The maximum absolute atomic E-state index is 12.8. The second kappa shape index (κ2) is 7.07. The molecule has 1 aliphatic heterocycles. The lowest BCUT2D eigenvalue weighted by Gasteiger charge is -2.38. The van der Waals surface area contributed by atoms with Crippen molar-refractivity contribution in [1.29, 1.82) is 0 Å². The van der Waals surface area contributed by atoms with Crippen LogP contribution in [0, 0.1) is 5.41 Å². The van der Waals surface area contributed by atoms with Gasteiger partial charge in [0.15, 0.2) is 0 Å². The van der Waals surface area contributed by atoms with E-state index in [-0.39, 0.29) is 23.5 Å². The Hall–Kier alpha value is -0.650. The summed E-state index contributed by atoms with van der Waals surface area (Å²) in [6.07, 6.45) is 6.66. The molecule has 0 aromatic heterocycles. The van der Waals surface area contributed by atoms with Crippen molar-refractivity contribution in [3.8, 4) is 0 Å². The first-order valence-corrected chi connectivity index (χ1v) is 8.28. The summed E-state index contributed by atoms with van der Waals surface area (Å²) < 4.78 is 0. The van der Waals surface area contributed by atoms with Gasteiger partial charge in [0.2, 0.25) is 5.91 Å². The highest BCUT2D eigenvalue weighted by Crippen LogP contribution is 2.39. The molecule has 0 aromatic rings. The van der Waals surface area contributed by atoms with Crippen molar-refractivity contribution in [1.82, 2.24) is 9.80 Å². The van der Waals surface area contributed by atoms with Gasteiger partial charge in [-0.05, 0) is 45.3 Å².